The summed E-state index contributed by atoms with van der Waals surface area (Å²) >= 11 is 0. The van der Waals surface area contributed by atoms with Gasteiger partial charge in [0.1, 0.15) is 6.10 Å². The second-order valence-corrected chi connectivity index (χ2v) is 5.64. The standard InChI is InChI=1S/C13H24N2O2/c14-13(17)12(16)8-15-11-6-5-9-3-1-2-4-10(9)7-11/h9-12,15-16H,1-8H2,(H2,14,17). The fourth-order valence-electron chi connectivity index (χ4n) is 3.44. The van der Waals surface area contributed by atoms with Gasteiger partial charge in [-0.3, -0.25) is 4.79 Å². The minimum absolute atomic E-state index is 0.303. The van der Waals surface area contributed by atoms with Gasteiger partial charge < -0.3 is 16.2 Å². The summed E-state index contributed by atoms with van der Waals surface area (Å²) in [5, 5.41) is 12.6. The van der Waals surface area contributed by atoms with Crippen molar-refractivity contribution in [3.8, 4) is 0 Å². The fraction of sp³-hybridized carbons (Fsp3) is 0.923. The van der Waals surface area contributed by atoms with Crippen LogP contribution in [-0.4, -0.2) is 29.7 Å². The third kappa shape index (κ3) is 3.42. The van der Waals surface area contributed by atoms with E-state index in [0.29, 0.717) is 12.6 Å². The van der Waals surface area contributed by atoms with Crippen molar-refractivity contribution in [2.24, 2.45) is 17.6 Å². The number of amides is 1. The van der Waals surface area contributed by atoms with E-state index < -0.39 is 12.0 Å². The monoisotopic (exact) mass is 240 g/mol. The molecular weight excluding hydrogens is 216 g/mol. The van der Waals surface area contributed by atoms with Gasteiger partial charge in [0.05, 0.1) is 0 Å². The number of nitrogens with two attached hydrogens (primary N) is 1. The lowest BCUT2D eigenvalue weighted by molar-refractivity contribution is -0.125. The van der Waals surface area contributed by atoms with Crippen LogP contribution in [0, 0.1) is 11.8 Å². The van der Waals surface area contributed by atoms with Gasteiger partial charge in [-0.2, -0.15) is 0 Å². The van der Waals surface area contributed by atoms with Crippen LogP contribution in [0.2, 0.25) is 0 Å². The van der Waals surface area contributed by atoms with Crippen molar-refractivity contribution < 1.29 is 9.90 Å². The third-order valence-corrected chi connectivity index (χ3v) is 4.47. The Kier molecular flexibility index (Phi) is 4.40. The molecule has 4 heteroatoms. The molecule has 0 aromatic heterocycles. The smallest absolute Gasteiger partial charge is 0.247 e. The predicted molar refractivity (Wildman–Crippen MR) is 66.3 cm³/mol. The quantitative estimate of drug-likeness (QED) is 0.680. The molecule has 0 heterocycles. The number of aliphatic hydroxyl groups excluding tert-OH is 1. The van der Waals surface area contributed by atoms with Crippen molar-refractivity contribution in [3.05, 3.63) is 0 Å². The summed E-state index contributed by atoms with van der Waals surface area (Å²) in [5.41, 5.74) is 5.03. The lowest BCUT2D eigenvalue weighted by Crippen LogP contribution is -2.45. The van der Waals surface area contributed by atoms with Crippen molar-refractivity contribution in [2.75, 3.05) is 6.54 Å². The second kappa shape index (κ2) is 5.83. The molecule has 2 aliphatic carbocycles. The van der Waals surface area contributed by atoms with E-state index in [1.807, 2.05) is 0 Å². The molecule has 0 saturated heterocycles. The van der Waals surface area contributed by atoms with Crippen LogP contribution in [0.15, 0.2) is 0 Å². The van der Waals surface area contributed by atoms with E-state index in [1.165, 1.54) is 44.9 Å². The normalized spacial score (nSPS) is 35.0. The molecule has 0 aromatic rings. The molecule has 17 heavy (non-hydrogen) atoms. The maximum Gasteiger partial charge on any atom is 0.247 e. The number of rotatable bonds is 4. The Morgan fingerprint density at radius 2 is 1.94 bits per heavy atom. The molecule has 4 N–H and O–H groups in total. The zero-order chi connectivity index (χ0) is 12.3. The molecule has 4 atom stereocenters. The van der Waals surface area contributed by atoms with Crippen molar-refractivity contribution in [3.63, 3.8) is 0 Å². The summed E-state index contributed by atoms with van der Waals surface area (Å²) in [6.07, 6.45) is 8.18. The van der Waals surface area contributed by atoms with E-state index in [1.54, 1.807) is 0 Å². The summed E-state index contributed by atoms with van der Waals surface area (Å²) < 4.78 is 0. The molecule has 0 radical (unpaired) electrons. The Balaban J connectivity index is 1.74. The highest BCUT2D eigenvalue weighted by Crippen LogP contribution is 2.40. The molecule has 0 bridgehead atoms. The number of nitrogens with one attached hydrogen (secondary N) is 1. The Morgan fingerprint density at radius 3 is 2.65 bits per heavy atom. The van der Waals surface area contributed by atoms with E-state index in [-0.39, 0.29) is 0 Å². The van der Waals surface area contributed by atoms with Gasteiger partial charge in [-0.05, 0) is 31.1 Å². The maximum atomic E-state index is 10.7. The van der Waals surface area contributed by atoms with Gasteiger partial charge >= 0.3 is 0 Å². The molecular formula is C13H24N2O2. The molecule has 2 aliphatic rings. The molecule has 0 aliphatic heterocycles. The molecule has 4 unspecified atom stereocenters. The summed E-state index contributed by atoms with van der Waals surface area (Å²) in [7, 11) is 0. The summed E-state index contributed by atoms with van der Waals surface area (Å²) in [6.45, 7) is 0.303. The highest BCUT2D eigenvalue weighted by atomic mass is 16.3. The molecule has 98 valence electrons. The number of fused-ring (bicyclic) bond motifs is 1. The van der Waals surface area contributed by atoms with Crippen molar-refractivity contribution in [2.45, 2.75) is 57.1 Å². The highest BCUT2D eigenvalue weighted by molar-refractivity contribution is 5.78. The first-order valence-electron chi connectivity index (χ1n) is 6.87. The van der Waals surface area contributed by atoms with E-state index in [4.69, 9.17) is 5.73 Å². The zero-order valence-corrected chi connectivity index (χ0v) is 10.4. The van der Waals surface area contributed by atoms with Gasteiger partial charge in [0.2, 0.25) is 5.91 Å². The summed E-state index contributed by atoms with van der Waals surface area (Å²) in [5.74, 6) is 1.16. The first-order valence-corrected chi connectivity index (χ1v) is 6.87. The molecule has 2 saturated carbocycles. The van der Waals surface area contributed by atoms with Gasteiger partial charge in [-0.1, -0.05) is 25.7 Å². The number of carbonyl (C=O) groups is 1. The van der Waals surface area contributed by atoms with E-state index >= 15 is 0 Å². The number of aliphatic hydroxyl groups is 1. The predicted octanol–water partition coefficient (Wildman–Crippen LogP) is 0.781. The highest BCUT2D eigenvalue weighted by Gasteiger charge is 2.32. The number of primary amides is 1. The van der Waals surface area contributed by atoms with Crippen LogP contribution in [0.3, 0.4) is 0 Å². The van der Waals surface area contributed by atoms with Crippen LogP contribution in [0.4, 0.5) is 0 Å². The Labute approximate surface area is 103 Å². The zero-order valence-electron chi connectivity index (χ0n) is 10.4. The minimum atomic E-state index is -1.04. The van der Waals surface area contributed by atoms with Crippen LogP contribution >= 0.6 is 0 Å². The van der Waals surface area contributed by atoms with Crippen LogP contribution < -0.4 is 11.1 Å². The second-order valence-electron chi connectivity index (χ2n) is 5.64. The van der Waals surface area contributed by atoms with E-state index in [2.05, 4.69) is 5.32 Å². The third-order valence-electron chi connectivity index (χ3n) is 4.47. The average Bonchev–Trinajstić information content (AvgIpc) is 2.35. The molecule has 4 nitrogen and oxygen atoms in total. The van der Waals surface area contributed by atoms with Crippen molar-refractivity contribution in [1.29, 1.82) is 0 Å². The largest absolute Gasteiger partial charge is 0.382 e. The van der Waals surface area contributed by atoms with E-state index in [0.717, 1.165) is 11.8 Å². The van der Waals surface area contributed by atoms with Gasteiger partial charge in [-0.25, -0.2) is 0 Å². The van der Waals surface area contributed by atoms with Gasteiger partial charge in [-0.15, -0.1) is 0 Å². The van der Waals surface area contributed by atoms with Crippen LogP contribution in [-0.2, 0) is 4.79 Å². The Bertz CT molecular complexity index is 270. The first-order chi connectivity index (χ1) is 8.16. The van der Waals surface area contributed by atoms with E-state index in [9.17, 15) is 9.90 Å². The van der Waals surface area contributed by atoms with Gasteiger partial charge in [0.25, 0.3) is 0 Å². The fourth-order valence-corrected chi connectivity index (χ4v) is 3.44. The SMILES string of the molecule is NC(=O)C(O)CNC1CCC2CCCCC2C1. The van der Waals surface area contributed by atoms with Crippen LogP contribution in [0.1, 0.15) is 44.9 Å². The number of hydrogen-bond donors (Lipinski definition) is 3. The first kappa shape index (κ1) is 12.8. The minimum Gasteiger partial charge on any atom is -0.382 e. The number of carbonyl (C=O) groups excluding carboxylic acids is 1. The van der Waals surface area contributed by atoms with Crippen LogP contribution in [0.25, 0.3) is 0 Å². The summed E-state index contributed by atoms with van der Waals surface area (Å²) in [6, 6.07) is 0.461. The molecule has 2 rings (SSSR count). The van der Waals surface area contributed by atoms with Crippen molar-refractivity contribution in [1.82, 2.24) is 5.32 Å². The summed E-state index contributed by atoms with van der Waals surface area (Å²) in [4.78, 5) is 10.7. The number of hydrogen-bond acceptors (Lipinski definition) is 3. The van der Waals surface area contributed by atoms with Crippen LogP contribution in [0.5, 0.6) is 0 Å². The van der Waals surface area contributed by atoms with Crippen molar-refractivity contribution >= 4 is 5.91 Å². The Morgan fingerprint density at radius 1 is 1.24 bits per heavy atom. The Hall–Kier alpha value is -0.610. The lowest BCUT2D eigenvalue weighted by atomic mass is 9.69. The maximum absolute atomic E-state index is 10.7. The lowest BCUT2D eigenvalue weighted by Gasteiger charge is -2.39. The average molecular weight is 240 g/mol. The molecule has 1 amide bonds. The molecule has 0 spiro atoms. The topological polar surface area (TPSA) is 75.4 Å². The molecule has 0 aromatic carbocycles. The van der Waals surface area contributed by atoms with Gasteiger partial charge in [0, 0.05) is 12.6 Å². The van der Waals surface area contributed by atoms with Gasteiger partial charge in [0.15, 0.2) is 0 Å². The molecule has 2 fully saturated rings.